The molecule has 4 rings (SSSR count). The molecule has 0 bridgehead atoms. The van der Waals surface area contributed by atoms with Crippen LogP contribution in [0.5, 0.6) is 0 Å². The van der Waals surface area contributed by atoms with Crippen molar-refractivity contribution in [1.29, 1.82) is 5.41 Å². The van der Waals surface area contributed by atoms with E-state index in [1.165, 1.54) is 0 Å². The molecule has 0 aliphatic rings. The van der Waals surface area contributed by atoms with Gasteiger partial charge in [0.1, 0.15) is 10.6 Å². The van der Waals surface area contributed by atoms with Crippen LogP contribution in [0.15, 0.2) is 52.9 Å². The molecule has 120 valence electrons. The first-order valence-corrected chi connectivity index (χ1v) is 8.73. The van der Waals surface area contributed by atoms with Crippen molar-refractivity contribution in [2.75, 3.05) is 0 Å². The van der Waals surface area contributed by atoms with Gasteiger partial charge in [-0.3, -0.25) is 5.41 Å². The molecule has 2 heterocycles. The molecular weight excluding hydrogens is 316 g/mol. The molecule has 4 aromatic rings. The summed E-state index contributed by atoms with van der Waals surface area (Å²) in [7, 11) is 0. The highest BCUT2D eigenvalue weighted by Gasteiger charge is 2.19. The minimum atomic E-state index is -0.0349. The molecule has 1 N–H and O–H groups in total. The van der Waals surface area contributed by atoms with Gasteiger partial charge in [0.05, 0.1) is 15.8 Å². The van der Waals surface area contributed by atoms with Crippen molar-refractivity contribution in [1.82, 2.24) is 4.98 Å². The maximum atomic E-state index is 8.36. The van der Waals surface area contributed by atoms with Crippen molar-refractivity contribution in [3.05, 3.63) is 59.6 Å². The SMILES string of the molecule is CC(C)(C)c1cccc2cc(-c3nc4ccccc4s3)c(=N)oc12. The number of thiazole rings is 1. The van der Waals surface area contributed by atoms with Crippen molar-refractivity contribution in [3.8, 4) is 10.6 Å². The molecule has 0 unspecified atom stereocenters. The summed E-state index contributed by atoms with van der Waals surface area (Å²) >= 11 is 1.59. The van der Waals surface area contributed by atoms with Gasteiger partial charge >= 0.3 is 0 Å². The molecule has 0 amide bonds. The summed E-state index contributed by atoms with van der Waals surface area (Å²) in [6.45, 7) is 6.47. The normalized spacial score (nSPS) is 12.1. The minimum absolute atomic E-state index is 0.0349. The zero-order valence-electron chi connectivity index (χ0n) is 13.9. The van der Waals surface area contributed by atoms with E-state index in [0.717, 1.165) is 37.3 Å². The molecule has 2 aromatic heterocycles. The molecule has 0 saturated heterocycles. The maximum Gasteiger partial charge on any atom is 0.222 e. The number of fused-ring (bicyclic) bond motifs is 2. The molecule has 0 aliphatic heterocycles. The summed E-state index contributed by atoms with van der Waals surface area (Å²) in [5.41, 5.74) is 3.74. The second-order valence-electron chi connectivity index (χ2n) is 6.95. The Morgan fingerprint density at radius 2 is 1.83 bits per heavy atom. The molecule has 4 heteroatoms. The number of nitrogens with one attached hydrogen (secondary N) is 1. The van der Waals surface area contributed by atoms with Gasteiger partial charge in [-0.2, -0.15) is 0 Å². The smallest absolute Gasteiger partial charge is 0.222 e. The third-order valence-electron chi connectivity index (χ3n) is 4.13. The second-order valence-corrected chi connectivity index (χ2v) is 7.98. The van der Waals surface area contributed by atoms with Crippen LogP contribution in [-0.4, -0.2) is 4.98 Å². The lowest BCUT2D eigenvalue weighted by Gasteiger charge is -2.20. The topological polar surface area (TPSA) is 49.9 Å². The Kier molecular flexibility index (Phi) is 3.32. The zero-order valence-corrected chi connectivity index (χ0v) is 14.7. The van der Waals surface area contributed by atoms with Gasteiger partial charge in [-0.1, -0.05) is 51.1 Å². The minimum Gasteiger partial charge on any atom is -0.438 e. The predicted molar refractivity (Wildman–Crippen MR) is 99.4 cm³/mol. The monoisotopic (exact) mass is 334 g/mol. The van der Waals surface area contributed by atoms with Crippen molar-refractivity contribution in [3.63, 3.8) is 0 Å². The molecule has 3 nitrogen and oxygen atoms in total. The fraction of sp³-hybridized carbons (Fsp3) is 0.200. The van der Waals surface area contributed by atoms with E-state index < -0.39 is 0 Å². The van der Waals surface area contributed by atoms with Crippen LogP contribution in [0.1, 0.15) is 26.3 Å². The van der Waals surface area contributed by atoms with Crippen LogP contribution in [-0.2, 0) is 5.41 Å². The number of rotatable bonds is 1. The van der Waals surface area contributed by atoms with E-state index in [9.17, 15) is 0 Å². The Balaban J connectivity index is 1.97. The fourth-order valence-corrected chi connectivity index (χ4v) is 3.88. The summed E-state index contributed by atoms with van der Waals surface area (Å²) in [6, 6.07) is 16.2. The van der Waals surface area contributed by atoms with E-state index in [1.807, 2.05) is 36.4 Å². The van der Waals surface area contributed by atoms with E-state index in [-0.39, 0.29) is 11.0 Å². The highest BCUT2D eigenvalue weighted by Crippen LogP contribution is 2.33. The summed E-state index contributed by atoms with van der Waals surface area (Å²) < 4.78 is 7.05. The highest BCUT2D eigenvalue weighted by molar-refractivity contribution is 7.21. The van der Waals surface area contributed by atoms with Gasteiger partial charge in [-0.15, -0.1) is 11.3 Å². The van der Waals surface area contributed by atoms with E-state index in [2.05, 4.69) is 37.9 Å². The number of aromatic nitrogens is 1. The average Bonchev–Trinajstić information content (AvgIpc) is 2.96. The van der Waals surface area contributed by atoms with Gasteiger partial charge in [0.15, 0.2) is 0 Å². The third-order valence-corrected chi connectivity index (χ3v) is 5.20. The van der Waals surface area contributed by atoms with Crippen molar-refractivity contribution < 1.29 is 4.42 Å². The summed E-state index contributed by atoms with van der Waals surface area (Å²) in [5, 5.41) is 10.2. The van der Waals surface area contributed by atoms with Crippen LogP contribution >= 0.6 is 11.3 Å². The summed E-state index contributed by atoms with van der Waals surface area (Å²) in [6.07, 6.45) is 0. The van der Waals surface area contributed by atoms with Crippen LogP contribution in [0.4, 0.5) is 0 Å². The maximum absolute atomic E-state index is 8.36. The molecule has 0 radical (unpaired) electrons. The van der Waals surface area contributed by atoms with Crippen LogP contribution < -0.4 is 5.55 Å². The molecule has 2 aromatic carbocycles. The van der Waals surface area contributed by atoms with Crippen molar-refractivity contribution >= 4 is 32.5 Å². The van der Waals surface area contributed by atoms with E-state index in [0.29, 0.717) is 0 Å². The Morgan fingerprint density at radius 3 is 2.58 bits per heavy atom. The van der Waals surface area contributed by atoms with Crippen molar-refractivity contribution in [2.24, 2.45) is 0 Å². The number of hydrogen-bond donors (Lipinski definition) is 1. The Bertz CT molecular complexity index is 1080. The second kappa shape index (κ2) is 5.28. The first-order valence-electron chi connectivity index (χ1n) is 7.91. The van der Waals surface area contributed by atoms with Gasteiger partial charge in [0.2, 0.25) is 5.55 Å². The average molecular weight is 334 g/mol. The molecule has 0 saturated carbocycles. The van der Waals surface area contributed by atoms with Crippen LogP contribution in [0.2, 0.25) is 0 Å². The lowest BCUT2D eigenvalue weighted by Crippen LogP contribution is -2.13. The number of para-hydroxylation sites is 2. The standard InChI is InChI=1S/C20H18N2OS/c1-20(2,3)14-8-6-7-12-11-13(18(21)23-17(12)14)19-22-15-9-4-5-10-16(15)24-19/h4-11,21H,1-3H3. The largest absolute Gasteiger partial charge is 0.438 e. The number of benzene rings is 2. The molecule has 0 fully saturated rings. The molecule has 0 aliphatic carbocycles. The molecular formula is C20H18N2OS. The van der Waals surface area contributed by atoms with Gasteiger partial charge in [-0.25, -0.2) is 4.98 Å². The van der Waals surface area contributed by atoms with Crippen LogP contribution in [0.25, 0.3) is 31.8 Å². The van der Waals surface area contributed by atoms with E-state index in [4.69, 9.17) is 9.83 Å². The van der Waals surface area contributed by atoms with Gasteiger partial charge in [-0.05, 0) is 23.6 Å². The van der Waals surface area contributed by atoms with Crippen molar-refractivity contribution in [2.45, 2.75) is 26.2 Å². The van der Waals surface area contributed by atoms with Crippen LogP contribution in [0.3, 0.4) is 0 Å². The first kappa shape index (κ1) is 15.1. The summed E-state index contributed by atoms with van der Waals surface area (Å²) in [4.78, 5) is 4.66. The molecule has 0 spiro atoms. The lowest BCUT2D eigenvalue weighted by atomic mass is 9.86. The van der Waals surface area contributed by atoms with Gasteiger partial charge in [0, 0.05) is 10.9 Å². The van der Waals surface area contributed by atoms with E-state index in [1.54, 1.807) is 11.3 Å². The zero-order chi connectivity index (χ0) is 16.9. The Labute approximate surface area is 144 Å². The molecule has 0 atom stereocenters. The molecule has 24 heavy (non-hydrogen) atoms. The van der Waals surface area contributed by atoms with Crippen LogP contribution in [0, 0.1) is 5.41 Å². The quantitative estimate of drug-likeness (QED) is 0.500. The number of nitrogens with zero attached hydrogens (tertiary/aromatic N) is 1. The van der Waals surface area contributed by atoms with E-state index >= 15 is 0 Å². The Morgan fingerprint density at radius 1 is 1.04 bits per heavy atom. The highest BCUT2D eigenvalue weighted by atomic mass is 32.1. The summed E-state index contributed by atoms with van der Waals surface area (Å²) in [5.74, 6) is 0. The number of hydrogen-bond acceptors (Lipinski definition) is 4. The Hall–Kier alpha value is -2.46. The fourth-order valence-electron chi connectivity index (χ4n) is 2.90. The first-order chi connectivity index (χ1) is 11.4. The lowest BCUT2D eigenvalue weighted by molar-refractivity contribution is 0.513. The van der Waals surface area contributed by atoms with Gasteiger partial charge < -0.3 is 4.42 Å². The third kappa shape index (κ3) is 2.43. The van der Waals surface area contributed by atoms with Gasteiger partial charge in [0.25, 0.3) is 0 Å². The predicted octanol–water partition coefficient (Wildman–Crippen LogP) is 5.49.